The number of rotatable bonds is 9. The summed E-state index contributed by atoms with van der Waals surface area (Å²) in [7, 11) is 0. The van der Waals surface area contributed by atoms with Crippen molar-refractivity contribution in [3.63, 3.8) is 0 Å². The molecular formula is C20H18F2N2O7. The van der Waals surface area contributed by atoms with E-state index in [-0.39, 0.29) is 23.4 Å². The molecule has 2 rings (SSSR count). The highest BCUT2D eigenvalue weighted by Crippen LogP contribution is 2.27. The van der Waals surface area contributed by atoms with Gasteiger partial charge in [0.05, 0.1) is 18.0 Å². The summed E-state index contributed by atoms with van der Waals surface area (Å²) in [6, 6.07) is 5.41. The zero-order valence-corrected chi connectivity index (χ0v) is 16.2. The number of aliphatic carboxylic acids is 1. The van der Waals surface area contributed by atoms with Gasteiger partial charge in [-0.25, -0.2) is 13.6 Å². The van der Waals surface area contributed by atoms with Gasteiger partial charge in [-0.3, -0.25) is 19.7 Å². The van der Waals surface area contributed by atoms with Gasteiger partial charge in [0, 0.05) is 23.6 Å². The first-order valence-corrected chi connectivity index (χ1v) is 9.02. The minimum atomic E-state index is -1.67. The van der Waals surface area contributed by atoms with Crippen molar-refractivity contribution in [1.29, 1.82) is 0 Å². The van der Waals surface area contributed by atoms with Crippen LogP contribution in [0.25, 0.3) is 0 Å². The van der Waals surface area contributed by atoms with E-state index in [1.54, 1.807) is 6.92 Å². The van der Waals surface area contributed by atoms with Crippen LogP contribution in [0, 0.1) is 21.7 Å². The maximum atomic E-state index is 13.4. The van der Waals surface area contributed by atoms with Crippen molar-refractivity contribution in [3.8, 4) is 0 Å². The van der Waals surface area contributed by atoms with E-state index in [2.05, 4.69) is 5.32 Å². The Kier molecular flexibility index (Phi) is 7.72. The molecule has 0 radical (unpaired) electrons. The van der Waals surface area contributed by atoms with E-state index in [1.807, 2.05) is 0 Å². The predicted octanol–water partition coefficient (Wildman–Crippen LogP) is 2.79. The fourth-order valence-electron chi connectivity index (χ4n) is 2.87. The molecule has 0 fully saturated rings. The van der Waals surface area contributed by atoms with Crippen LogP contribution in [-0.4, -0.2) is 40.5 Å². The van der Waals surface area contributed by atoms with Crippen LogP contribution in [-0.2, 0) is 14.3 Å². The first-order chi connectivity index (χ1) is 14.6. The number of ether oxygens (including phenoxy) is 1. The molecule has 0 heterocycles. The zero-order chi connectivity index (χ0) is 23.1. The topological polar surface area (TPSA) is 136 Å². The fourth-order valence-corrected chi connectivity index (χ4v) is 2.87. The molecule has 2 N–H and O–H groups in total. The Labute approximate surface area is 174 Å². The van der Waals surface area contributed by atoms with Crippen molar-refractivity contribution in [2.24, 2.45) is 0 Å². The molecule has 0 aliphatic heterocycles. The van der Waals surface area contributed by atoms with Gasteiger partial charge in [0.25, 0.3) is 11.6 Å². The first-order valence-electron chi connectivity index (χ1n) is 9.02. The van der Waals surface area contributed by atoms with Gasteiger partial charge in [-0.05, 0) is 30.7 Å². The summed E-state index contributed by atoms with van der Waals surface area (Å²) in [5.74, 6) is -6.91. The number of benzene rings is 2. The van der Waals surface area contributed by atoms with E-state index < -0.39 is 52.8 Å². The van der Waals surface area contributed by atoms with Gasteiger partial charge in [0.15, 0.2) is 11.6 Å². The molecule has 0 spiro atoms. The van der Waals surface area contributed by atoms with Crippen molar-refractivity contribution >= 4 is 23.5 Å². The lowest BCUT2D eigenvalue weighted by Crippen LogP contribution is -2.45. The summed E-state index contributed by atoms with van der Waals surface area (Å²) in [6.45, 7) is 1.59. The first kappa shape index (κ1) is 23.4. The lowest BCUT2D eigenvalue weighted by molar-refractivity contribution is -0.384. The lowest BCUT2D eigenvalue weighted by atomic mass is 9.88. The molecule has 0 aromatic heterocycles. The van der Waals surface area contributed by atoms with E-state index in [1.165, 1.54) is 12.1 Å². The molecule has 2 aromatic carbocycles. The van der Waals surface area contributed by atoms with Crippen LogP contribution < -0.4 is 5.32 Å². The average Bonchev–Trinajstić information content (AvgIpc) is 2.72. The van der Waals surface area contributed by atoms with Gasteiger partial charge in [-0.15, -0.1) is 0 Å². The molecule has 31 heavy (non-hydrogen) atoms. The summed E-state index contributed by atoms with van der Waals surface area (Å²) in [5.41, 5.74) is -0.364. The van der Waals surface area contributed by atoms with E-state index in [0.717, 1.165) is 18.2 Å². The summed E-state index contributed by atoms with van der Waals surface area (Å²) < 4.78 is 31.4. The summed E-state index contributed by atoms with van der Waals surface area (Å²) in [6.07, 6.45) is -0.458. The SMILES string of the molecule is CCOC(=O)C[C@H](c1ccc([N+](=O)[O-])cc1)[C@H](NC(=O)c1ccc(F)c(F)c1)C(=O)O. The summed E-state index contributed by atoms with van der Waals surface area (Å²) >= 11 is 0. The number of nitrogens with zero attached hydrogens (tertiary/aromatic N) is 1. The van der Waals surface area contributed by atoms with Crippen molar-refractivity contribution in [3.05, 3.63) is 75.3 Å². The molecule has 1 amide bonds. The third-order valence-corrected chi connectivity index (χ3v) is 4.36. The van der Waals surface area contributed by atoms with Crippen LogP contribution in [0.3, 0.4) is 0 Å². The van der Waals surface area contributed by atoms with Crippen molar-refractivity contribution < 1.29 is 37.9 Å². The van der Waals surface area contributed by atoms with Gasteiger partial charge >= 0.3 is 11.9 Å². The maximum absolute atomic E-state index is 13.4. The van der Waals surface area contributed by atoms with Crippen LogP contribution >= 0.6 is 0 Å². The standard InChI is InChI=1S/C20H18F2N2O7/c1-2-31-17(25)10-14(11-3-6-13(7-4-11)24(29)30)18(20(27)28)23-19(26)12-5-8-15(21)16(22)9-12/h3-9,14,18H,2,10H2,1H3,(H,23,26)(H,27,28)/t14-,18+/m1/s1. The molecule has 11 heteroatoms. The number of amides is 1. The van der Waals surface area contributed by atoms with Crippen molar-refractivity contribution in [2.75, 3.05) is 6.61 Å². The van der Waals surface area contributed by atoms with E-state index in [4.69, 9.17) is 4.74 Å². The number of carbonyl (C=O) groups is 3. The Bertz CT molecular complexity index is 996. The molecule has 2 atom stereocenters. The number of hydrogen-bond donors (Lipinski definition) is 2. The minimum absolute atomic E-state index is 0.0325. The summed E-state index contributed by atoms with van der Waals surface area (Å²) in [4.78, 5) is 46.6. The predicted molar refractivity (Wildman–Crippen MR) is 102 cm³/mol. The number of esters is 1. The normalized spacial score (nSPS) is 12.5. The number of non-ortho nitro benzene ring substituents is 1. The molecule has 0 aliphatic rings. The van der Waals surface area contributed by atoms with Gasteiger partial charge in [0.2, 0.25) is 0 Å². The molecule has 2 aromatic rings. The third-order valence-electron chi connectivity index (χ3n) is 4.36. The lowest BCUT2D eigenvalue weighted by Gasteiger charge is -2.25. The van der Waals surface area contributed by atoms with E-state index >= 15 is 0 Å². The Morgan fingerprint density at radius 3 is 2.29 bits per heavy atom. The Hall–Kier alpha value is -3.89. The van der Waals surface area contributed by atoms with Gasteiger partial charge in [-0.2, -0.15) is 0 Å². The molecule has 9 nitrogen and oxygen atoms in total. The second-order valence-corrected chi connectivity index (χ2v) is 6.38. The number of nitro benzene ring substituents is 1. The molecule has 0 aliphatic carbocycles. The van der Waals surface area contributed by atoms with Crippen LogP contribution in [0.1, 0.15) is 35.2 Å². The van der Waals surface area contributed by atoms with Crippen molar-refractivity contribution in [2.45, 2.75) is 25.3 Å². The van der Waals surface area contributed by atoms with Crippen LogP contribution in [0.4, 0.5) is 14.5 Å². The second-order valence-electron chi connectivity index (χ2n) is 6.38. The second kappa shape index (κ2) is 10.2. The number of carbonyl (C=O) groups excluding carboxylic acids is 2. The number of carboxylic acid groups (broad SMARTS) is 1. The monoisotopic (exact) mass is 436 g/mol. The smallest absolute Gasteiger partial charge is 0.326 e. The molecule has 0 saturated heterocycles. The Morgan fingerprint density at radius 1 is 1.13 bits per heavy atom. The number of carboxylic acids is 1. The number of hydrogen-bond acceptors (Lipinski definition) is 6. The average molecular weight is 436 g/mol. The van der Waals surface area contributed by atoms with Crippen LogP contribution in [0.2, 0.25) is 0 Å². The maximum Gasteiger partial charge on any atom is 0.326 e. The quantitative estimate of drug-likeness (QED) is 0.350. The van der Waals surface area contributed by atoms with Crippen molar-refractivity contribution in [1.82, 2.24) is 5.32 Å². The number of nitro groups is 1. The zero-order valence-electron chi connectivity index (χ0n) is 16.2. The van der Waals surface area contributed by atoms with Gasteiger partial charge in [-0.1, -0.05) is 12.1 Å². The highest BCUT2D eigenvalue weighted by atomic mass is 19.2. The minimum Gasteiger partial charge on any atom is -0.480 e. The van der Waals surface area contributed by atoms with Gasteiger partial charge in [0.1, 0.15) is 6.04 Å². The largest absolute Gasteiger partial charge is 0.480 e. The number of halogens is 2. The van der Waals surface area contributed by atoms with Crippen LogP contribution in [0.5, 0.6) is 0 Å². The highest BCUT2D eigenvalue weighted by molar-refractivity contribution is 5.97. The van der Waals surface area contributed by atoms with Crippen LogP contribution in [0.15, 0.2) is 42.5 Å². The van der Waals surface area contributed by atoms with E-state index in [0.29, 0.717) is 12.1 Å². The molecule has 164 valence electrons. The molecule has 0 unspecified atom stereocenters. The molecule has 0 bridgehead atoms. The Morgan fingerprint density at radius 2 is 1.77 bits per heavy atom. The highest BCUT2D eigenvalue weighted by Gasteiger charge is 2.34. The number of nitrogens with one attached hydrogen (secondary N) is 1. The Balaban J connectivity index is 2.39. The van der Waals surface area contributed by atoms with E-state index in [9.17, 15) is 38.4 Å². The molecule has 0 saturated carbocycles. The third kappa shape index (κ3) is 6.04. The molecular weight excluding hydrogens is 418 g/mol. The van der Waals surface area contributed by atoms with Gasteiger partial charge < -0.3 is 15.2 Å². The fraction of sp³-hybridized carbons (Fsp3) is 0.250. The summed E-state index contributed by atoms with van der Waals surface area (Å²) in [5, 5.41) is 22.7.